The number of carbonyl (C=O) groups is 7. The molecule has 10 atom stereocenters. The number of carboxylic acid groups (broad SMARTS) is 1. The van der Waals surface area contributed by atoms with Crippen LogP contribution < -0.4 is 20.1 Å². The number of aliphatic carboxylic acids is 1. The Balaban J connectivity index is 0.000000249. The number of fused-ring (bicyclic) bond motifs is 2. The van der Waals surface area contributed by atoms with Crippen molar-refractivity contribution >= 4 is 64.2 Å². The lowest BCUT2D eigenvalue weighted by Crippen LogP contribution is -2.57. The molecule has 0 radical (unpaired) electrons. The van der Waals surface area contributed by atoms with Gasteiger partial charge in [-0.2, -0.15) is 17.6 Å². The number of likely N-dealkylation sites (tertiary alicyclic amines) is 2. The van der Waals surface area contributed by atoms with E-state index < -0.39 is 136 Å². The van der Waals surface area contributed by atoms with Gasteiger partial charge >= 0.3 is 48.0 Å². The summed E-state index contributed by atoms with van der Waals surface area (Å²) in [6.45, 7) is 29.6. The average Bonchev–Trinajstić information content (AvgIpc) is 1.76. The van der Waals surface area contributed by atoms with Crippen molar-refractivity contribution in [3.63, 3.8) is 0 Å². The van der Waals surface area contributed by atoms with Gasteiger partial charge in [0.1, 0.15) is 54.2 Å². The van der Waals surface area contributed by atoms with Gasteiger partial charge in [0.05, 0.1) is 74.8 Å². The highest BCUT2D eigenvalue weighted by Crippen LogP contribution is 2.39. The Hall–Kier alpha value is -8.99. The van der Waals surface area contributed by atoms with E-state index in [0.717, 1.165) is 25.7 Å². The number of hydrogen-bond acceptors (Lipinski definition) is 20. The Morgan fingerprint density at radius 3 is 1.34 bits per heavy atom. The zero-order valence-corrected chi connectivity index (χ0v) is 56.5. The van der Waals surface area contributed by atoms with Gasteiger partial charge < -0.3 is 63.3 Å². The highest BCUT2D eigenvalue weighted by atomic mass is 19.3. The highest BCUT2D eigenvalue weighted by Gasteiger charge is 2.49. The lowest BCUT2D eigenvalue weighted by Gasteiger charge is -2.36. The topological polar surface area (TPSA) is 305 Å². The molecule has 0 bridgehead atoms. The van der Waals surface area contributed by atoms with E-state index in [9.17, 15) is 51.1 Å². The van der Waals surface area contributed by atoms with Gasteiger partial charge in [0.25, 0.3) is 0 Å². The van der Waals surface area contributed by atoms with Gasteiger partial charge in [0.15, 0.2) is 11.4 Å². The molecular formula is C68H88F4N8O17. The number of methoxy groups -OCH3 is 2. The van der Waals surface area contributed by atoms with Crippen molar-refractivity contribution in [2.45, 2.75) is 185 Å². The summed E-state index contributed by atoms with van der Waals surface area (Å²) in [7, 11) is 2.38. The van der Waals surface area contributed by atoms with Crippen molar-refractivity contribution < 1.29 is 98.9 Å². The summed E-state index contributed by atoms with van der Waals surface area (Å²) < 4.78 is 108. The molecular weight excluding hydrogens is 1280 g/mol. The molecule has 0 unspecified atom stereocenters. The standard InChI is InChI=1S/C32H40F2N4O7.C22H25F2N3O5.C14H23NO5/c1-7-16-43-23-14-11-15-24(23)45-30(41)37-26(31(3,4)5)28(39)38-18-19(17-22(38)29(40)42-6)44-27-25(32(33,34)8-2)35-20-12-9-10-13-21(20)36-27;1-6-22(23,24)17-18(26-15-10-8-7-9-14(15)25-17)31-13-11-16(19(28)30-5)27(12-13)20(29)32-21(2,3)4;1-5-8-19-9-6-7-10(9)20-13(18)15-11(12(16)17)14(2,3)4/h7-10,12-13,19,22-24,26H,1-2,11,14-18H2,3-6H3,(H,37,41);6-10,13,16H,1,11-12H2,2-5H3;5,9-11H,1,6-8H2,2-4H3,(H,15,18)(H,16,17)/t19-,22+,23-,24-,26-;13-,16+;9-,10-,11-/m111/s1. The molecule has 4 heterocycles. The molecule has 4 aromatic rings. The van der Waals surface area contributed by atoms with Crippen LogP contribution in [0.5, 0.6) is 11.8 Å². The van der Waals surface area contributed by atoms with Crippen molar-refractivity contribution in [1.82, 2.24) is 40.4 Å². The number of amides is 4. The van der Waals surface area contributed by atoms with Gasteiger partial charge in [-0.25, -0.2) is 48.7 Å². The second kappa shape index (κ2) is 32.8. The van der Waals surface area contributed by atoms with E-state index in [1.165, 1.54) is 24.0 Å². The number of benzene rings is 2. The molecule has 4 aliphatic rings. The molecule has 2 aliphatic carbocycles. The Kier molecular flexibility index (Phi) is 26.1. The largest absolute Gasteiger partial charge is 0.480 e. The SMILES string of the molecule is C=CC(F)(F)c1nc2ccccc2nc1O[C@@H]1C[C@@H](C(=O)OC)N(C(=O)OC(C)(C)C)C1.C=CCO[C@@H]1CCC[C@H]1OC(=O)N[C@H](C(=O)N1C[C@H](Oc2nc3ccccc3nc2C(F)(F)C=C)C[C@H]1C(=O)OC)C(C)(C)C.C=CCO[C@@H]1CC[C@H]1OC(=O)N[C@H](C(=O)O)C(C)(C)C. The molecule has 2 saturated carbocycles. The molecule has 530 valence electrons. The van der Waals surface area contributed by atoms with Crippen LogP contribution in [-0.2, 0) is 64.2 Å². The van der Waals surface area contributed by atoms with Gasteiger partial charge in [-0.15, -0.1) is 13.2 Å². The predicted molar refractivity (Wildman–Crippen MR) is 345 cm³/mol. The third kappa shape index (κ3) is 20.5. The van der Waals surface area contributed by atoms with Crippen molar-refractivity contribution in [1.29, 1.82) is 0 Å². The van der Waals surface area contributed by atoms with Crippen molar-refractivity contribution in [3.8, 4) is 11.8 Å². The molecule has 97 heavy (non-hydrogen) atoms. The van der Waals surface area contributed by atoms with Gasteiger partial charge in [-0.05, 0) is 100 Å². The molecule has 0 spiro atoms. The zero-order chi connectivity index (χ0) is 72.0. The van der Waals surface area contributed by atoms with Crippen LogP contribution in [0.25, 0.3) is 22.1 Å². The number of allylic oxidation sites excluding steroid dienone is 2. The minimum absolute atomic E-state index is 0.0134. The molecule has 8 rings (SSSR count). The molecule has 25 nitrogen and oxygen atoms in total. The monoisotopic (exact) mass is 1360 g/mol. The number of rotatable bonds is 22. The number of aromatic nitrogens is 4. The average molecular weight is 1370 g/mol. The predicted octanol–water partition coefficient (Wildman–Crippen LogP) is 10.5. The zero-order valence-electron chi connectivity index (χ0n) is 56.5. The van der Waals surface area contributed by atoms with Crippen molar-refractivity contribution in [2.24, 2.45) is 10.8 Å². The third-order valence-electron chi connectivity index (χ3n) is 15.8. The maximum Gasteiger partial charge on any atom is 0.411 e. The summed E-state index contributed by atoms with van der Waals surface area (Å²) in [5.74, 6) is -11.0. The fourth-order valence-corrected chi connectivity index (χ4v) is 10.7. The third-order valence-corrected chi connectivity index (χ3v) is 15.8. The second-order valence-electron chi connectivity index (χ2n) is 26.5. The first-order valence-electron chi connectivity index (χ1n) is 31.5. The second-order valence-corrected chi connectivity index (χ2v) is 26.5. The maximum absolute atomic E-state index is 14.9. The van der Waals surface area contributed by atoms with Crippen LogP contribution in [0.1, 0.15) is 119 Å². The number of carboxylic acids is 1. The fourth-order valence-electron chi connectivity index (χ4n) is 10.7. The van der Waals surface area contributed by atoms with Gasteiger partial charge in [0.2, 0.25) is 17.7 Å². The van der Waals surface area contributed by atoms with E-state index in [-0.39, 0.29) is 55.3 Å². The van der Waals surface area contributed by atoms with Crippen molar-refractivity contribution in [2.75, 3.05) is 40.5 Å². The van der Waals surface area contributed by atoms with Crippen LogP contribution in [0.3, 0.4) is 0 Å². The number of nitrogens with one attached hydrogen (secondary N) is 2. The van der Waals surface area contributed by atoms with E-state index in [1.54, 1.807) is 123 Å². The first-order valence-corrected chi connectivity index (χ1v) is 31.5. The van der Waals surface area contributed by atoms with Crippen molar-refractivity contribution in [3.05, 3.63) is 111 Å². The first kappa shape index (κ1) is 77.0. The lowest BCUT2D eigenvalue weighted by atomic mass is 9.85. The Morgan fingerprint density at radius 2 is 0.959 bits per heavy atom. The number of ether oxygens (including phenoxy) is 9. The number of carbonyl (C=O) groups excluding carboxylic acids is 6. The van der Waals surface area contributed by atoms with Crippen LogP contribution in [0.15, 0.2) is 99.2 Å². The van der Waals surface area contributed by atoms with Crippen LogP contribution in [-0.4, -0.2) is 184 Å². The number of alkyl halides is 4. The number of esters is 2. The van der Waals surface area contributed by atoms with E-state index in [0.29, 0.717) is 42.8 Å². The lowest BCUT2D eigenvalue weighted by molar-refractivity contribution is -0.152. The molecule has 2 saturated heterocycles. The number of alkyl carbamates (subject to hydrolysis) is 2. The smallest absolute Gasteiger partial charge is 0.411 e. The molecule has 2 aliphatic heterocycles. The minimum atomic E-state index is -3.57. The van der Waals surface area contributed by atoms with E-state index in [4.69, 9.17) is 47.7 Å². The van der Waals surface area contributed by atoms with E-state index in [1.807, 2.05) is 0 Å². The van der Waals surface area contributed by atoms with E-state index >= 15 is 0 Å². The highest BCUT2D eigenvalue weighted by molar-refractivity contribution is 5.91. The Labute approximate surface area is 560 Å². The summed E-state index contributed by atoms with van der Waals surface area (Å²) >= 11 is 0. The molecule has 29 heteroatoms. The van der Waals surface area contributed by atoms with Gasteiger partial charge in [0, 0.05) is 12.8 Å². The number of halogens is 4. The number of para-hydroxylation sites is 4. The number of nitrogens with zero attached hydrogens (tertiary/aromatic N) is 6. The fraction of sp³-hybridized carbons (Fsp3) is 0.544. The molecule has 4 amide bonds. The van der Waals surface area contributed by atoms with Gasteiger partial charge in [-0.1, -0.05) is 91.1 Å². The van der Waals surface area contributed by atoms with Gasteiger partial charge in [-0.3, -0.25) is 9.69 Å². The van der Waals surface area contributed by atoms with Crippen LogP contribution in [0, 0.1) is 10.8 Å². The molecule has 4 fully saturated rings. The quantitative estimate of drug-likeness (QED) is 0.0285. The maximum atomic E-state index is 14.9. The summed E-state index contributed by atoms with van der Waals surface area (Å²) in [4.78, 5) is 107. The minimum Gasteiger partial charge on any atom is -0.480 e. The van der Waals surface area contributed by atoms with E-state index in [2.05, 4.69) is 56.9 Å². The summed E-state index contributed by atoms with van der Waals surface area (Å²) in [6, 6.07) is 8.78. The van der Waals surface area contributed by atoms with Crippen LogP contribution in [0.2, 0.25) is 0 Å². The van der Waals surface area contributed by atoms with Crippen LogP contribution >= 0.6 is 0 Å². The van der Waals surface area contributed by atoms with Crippen LogP contribution in [0.4, 0.5) is 31.9 Å². The Morgan fingerprint density at radius 1 is 0.577 bits per heavy atom. The summed E-state index contributed by atoms with van der Waals surface area (Å²) in [5.41, 5.74) is -2.45. The normalized spacial score (nSPS) is 21.5. The summed E-state index contributed by atoms with van der Waals surface area (Å²) in [6.07, 6.45) is 2.59. The molecule has 2 aromatic heterocycles. The first-order chi connectivity index (χ1) is 45.5. The Bertz CT molecular complexity index is 3500. The molecule has 2 aromatic carbocycles. The summed E-state index contributed by atoms with van der Waals surface area (Å²) in [5, 5.41) is 14.2. The molecule has 3 N–H and O–H groups in total. The number of hydrogen-bond donors (Lipinski definition) is 3.